The van der Waals surface area contributed by atoms with Crippen LogP contribution >= 0.6 is 0 Å². The third-order valence-electron chi connectivity index (χ3n) is 4.45. The molecule has 1 aliphatic rings. The van der Waals surface area contributed by atoms with E-state index < -0.39 is 11.7 Å². The molecule has 1 aliphatic heterocycles. The van der Waals surface area contributed by atoms with Crippen molar-refractivity contribution in [2.75, 3.05) is 13.1 Å². The average Bonchev–Trinajstić information content (AvgIpc) is 2.70. The summed E-state index contributed by atoms with van der Waals surface area (Å²) in [5, 5.41) is 0. The van der Waals surface area contributed by atoms with Crippen molar-refractivity contribution in [3.63, 3.8) is 0 Å². The Morgan fingerprint density at radius 2 is 1.83 bits per heavy atom. The van der Waals surface area contributed by atoms with E-state index in [9.17, 15) is 18.0 Å². The molecule has 1 saturated heterocycles. The molecule has 7 heteroatoms. The fraction of sp³-hybridized carbons (Fsp3) is 0.529. The van der Waals surface area contributed by atoms with Gasteiger partial charge in [-0.15, -0.1) is 0 Å². The van der Waals surface area contributed by atoms with Gasteiger partial charge in [-0.1, -0.05) is 19.8 Å². The molecule has 0 saturated carbocycles. The average molecular weight is 339 g/mol. The van der Waals surface area contributed by atoms with Crippen molar-refractivity contribution in [2.45, 2.75) is 45.2 Å². The van der Waals surface area contributed by atoms with Gasteiger partial charge >= 0.3 is 6.18 Å². The van der Waals surface area contributed by atoms with E-state index in [0.717, 1.165) is 37.9 Å². The van der Waals surface area contributed by atoms with Crippen molar-refractivity contribution in [3.05, 3.63) is 35.3 Å². The number of pyridine rings is 1. The summed E-state index contributed by atoms with van der Waals surface area (Å²) >= 11 is 0. The second-order valence-corrected chi connectivity index (χ2v) is 6.11. The third kappa shape index (κ3) is 3.12. The summed E-state index contributed by atoms with van der Waals surface area (Å²) in [6.45, 7) is 3.15. The largest absolute Gasteiger partial charge is 0.417 e. The van der Waals surface area contributed by atoms with E-state index in [-0.39, 0.29) is 11.6 Å². The van der Waals surface area contributed by atoms with E-state index in [1.165, 1.54) is 10.5 Å². The van der Waals surface area contributed by atoms with Crippen LogP contribution in [0.2, 0.25) is 0 Å². The van der Waals surface area contributed by atoms with Gasteiger partial charge in [0.2, 0.25) is 0 Å². The molecule has 130 valence electrons. The molecule has 4 nitrogen and oxygen atoms in total. The van der Waals surface area contributed by atoms with Crippen LogP contribution in [-0.4, -0.2) is 33.3 Å². The van der Waals surface area contributed by atoms with Crippen molar-refractivity contribution in [1.29, 1.82) is 0 Å². The summed E-state index contributed by atoms with van der Waals surface area (Å²) in [5.41, 5.74) is 0.405. The summed E-state index contributed by atoms with van der Waals surface area (Å²) in [4.78, 5) is 19.0. The summed E-state index contributed by atoms with van der Waals surface area (Å²) in [6, 6.07) is 2.32. The van der Waals surface area contributed by atoms with Gasteiger partial charge < -0.3 is 4.90 Å². The van der Waals surface area contributed by atoms with E-state index in [1.807, 2.05) is 6.92 Å². The number of amides is 1. The Labute approximate surface area is 138 Å². The molecule has 0 aromatic carbocycles. The molecule has 3 rings (SSSR count). The summed E-state index contributed by atoms with van der Waals surface area (Å²) in [5.74, 6) is -0.222. The number of hydrogen-bond donors (Lipinski definition) is 0. The zero-order chi connectivity index (χ0) is 17.3. The number of carbonyl (C=O) groups excluding carboxylic acids is 1. The second-order valence-electron chi connectivity index (χ2n) is 6.11. The van der Waals surface area contributed by atoms with Crippen molar-refractivity contribution in [1.82, 2.24) is 14.3 Å². The third-order valence-corrected chi connectivity index (χ3v) is 4.45. The zero-order valence-corrected chi connectivity index (χ0v) is 13.6. The number of aromatic nitrogens is 2. The molecular formula is C17H20F3N3O. The van der Waals surface area contributed by atoms with Crippen molar-refractivity contribution < 1.29 is 18.0 Å². The first kappa shape index (κ1) is 16.8. The van der Waals surface area contributed by atoms with Gasteiger partial charge in [0.05, 0.1) is 11.3 Å². The predicted octanol–water partition coefficient (Wildman–Crippen LogP) is 3.93. The molecule has 2 aromatic rings. The molecule has 1 fully saturated rings. The van der Waals surface area contributed by atoms with Gasteiger partial charge in [-0.2, -0.15) is 13.2 Å². The zero-order valence-electron chi connectivity index (χ0n) is 13.6. The number of halogens is 3. The van der Waals surface area contributed by atoms with E-state index in [4.69, 9.17) is 0 Å². The highest BCUT2D eigenvalue weighted by molar-refractivity contribution is 5.94. The molecule has 2 aromatic heterocycles. The maximum atomic E-state index is 13.0. The molecule has 3 heterocycles. The number of rotatable bonds is 2. The molecule has 0 unspecified atom stereocenters. The van der Waals surface area contributed by atoms with Crippen LogP contribution in [0.4, 0.5) is 13.2 Å². The van der Waals surface area contributed by atoms with Crippen molar-refractivity contribution in [2.24, 2.45) is 0 Å². The van der Waals surface area contributed by atoms with Crippen LogP contribution in [0.25, 0.3) is 5.65 Å². The first-order valence-corrected chi connectivity index (χ1v) is 8.29. The molecule has 0 atom stereocenters. The lowest BCUT2D eigenvalue weighted by atomic mass is 10.2. The summed E-state index contributed by atoms with van der Waals surface area (Å²) in [7, 11) is 0. The number of fused-ring (bicyclic) bond motifs is 1. The minimum atomic E-state index is -4.45. The number of likely N-dealkylation sites (tertiary alicyclic amines) is 1. The van der Waals surface area contributed by atoms with Gasteiger partial charge in [0.25, 0.3) is 5.91 Å². The monoisotopic (exact) mass is 339 g/mol. The Balaban J connectivity index is 2.08. The number of aryl methyl sites for hydroxylation is 1. The van der Waals surface area contributed by atoms with E-state index in [0.29, 0.717) is 30.9 Å². The smallest absolute Gasteiger partial charge is 0.337 e. The molecule has 1 amide bonds. The highest BCUT2D eigenvalue weighted by atomic mass is 19.4. The van der Waals surface area contributed by atoms with Crippen molar-refractivity contribution >= 4 is 11.6 Å². The Morgan fingerprint density at radius 1 is 1.17 bits per heavy atom. The highest BCUT2D eigenvalue weighted by Gasteiger charge is 2.32. The van der Waals surface area contributed by atoms with E-state index in [1.54, 1.807) is 4.90 Å². The van der Waals surface area contributed by atoms with Gasteiger partial charge in [-0.05, 0) is 31.4 Å². The number of hydrogen-bond acceptors (Lipinski definition) is 2. The molecule has 24 heavy (non-hydrogen) atoms. The van der Waals surface area contributed by atoms with Gasteiger partial charge in [-0.25, -0.2) is 4.98 Å². The van der Waals surface area contributed by atoms with E-state index >= 15 is 0 Å². The lowest BCUT2D eigenvalue weighted by molar-refractivity contribution is -0.137. The Kier molecular flexibility index (Phi) is 4.51. The standard InChI is InChI=1S/C17H20F3N3O/c1-2-13-15(16(24)22-9-5-3-4-6-10-22)23-11-12(17(18,19)20)7-8-14(23)21-13/h7-8,11H,2-6,9-10H2,1H3. The SMILES string of the molecule is CCc1nc2ccc(C(F)(F)F)cn2c1C(=O)N1CCCCCC1. The quantitative estimate of drug-likeness (QED) is 0.831. The van der Waals surface area contributed by atoms with Crippen LogP contribution in [0.1, 0.15) is 54.4 Å². The highest BCUT2D eigenvalue weighted by Crippen LogP contribution is 2.30. The lowest BCUT2D eigenvalue weighted by Gasteiger charge is -2.20. The number of imidazole rings is 1. The summed E-state index contributed by atoms with van der Waals surface area (Å²) < 4.78 is 40.4. The number of nitrogens with zero attached hydrogens (tertiary/aromatic N) is 3. The summed E-state index contributed by atoms with van der Waals surface area (Å²) in [6.07, 6.45) is 1.04. The first-order chi connectivity index (χ1) is 11.4. The molecular weight excluding hydrogens is 319 g/mol. The second kappa shape index (κ2) is 6.45. The maximum absolute atomic E-state index is 13.0. The molecule has 0 aliphatic carbocycles. The maximum Gasteiger partial charge on any atom is 0.417 e. The Bertz CT molecular complexity index is 743. The van der Waals surface area contributed by atoms with Crippen LogP contribution in [0, 0.1) is 0 Å². The molecule has 0 spiro atoms. The fourth-order valence-electron chi connectivity index (χ4n) is 3.16. The van der Waals surface area contributed by atoms with Crippen LogP contribution < -0.4 is 0 Å². The number of carbonyl (C=O) groups is 1. The van der Waals surface area contributed by atoms with Crippen LogP contribution in [0.15, 0.2) is 18.3 Å². The van der Waals surface area contributed by atoms with Gasteiger partial charge in [0, 0.05) is 19.3 Å². The normalized spacial score (nSPS) is 16.4. The molecule has 0 bridgehead atoms. The lowest BCUT2D eigenvalue weighted by Crippen LogP contribution is -2.33. The van der Waals surface area contributed by atoms with Gasteiger partial charge in [-0.3, -0.25) is 9.20 Å². The predicted molar refractivity (Wildman–Crippen MR) is 83.9 cm³/mol. The molecule has 0 N–H and O–H groups in total. The minimum absolute atomic E-state index is 0.222. The number of alkyl halides is 3. The Hall–Kier alpha value is -2.05. The first-order valence-electron chi connectivity index (χ1n) is 8.29. The van der Waals surface area contributed by atoms with Crippen molar-refractivity contribution in [3.8, 4) is 0 Å². The van der Waals surface area contributed by atoms with E-state index in [2.05, 4.69) is 4.98 Å². The van der Waals surface area contributed by atoms with Crippen LogP contribution in [0.5, 0.6) is 0 Å². The topological polar surface area (TPSA) is 37.6 Å². The minimum Gasteiger partial charge on any atom is -0.337 e. The van der Waals surface area contributed by atoms with Crippen LogP contribution in [0.3, 0.4) is 0 Å². The van der Waals surface area contributed by atoms with Crippen LogP contribution in [-0.2, 0) is 12.6 Å². The Morgan fingerprint density at radius 3 is 2.42 bits per heavy atom. The van der Waals surface area contributed by atoms with Gasteiger partial charge in [0.1, 0.15) is 11.3 Å². The fourth-order valence-corrected chi connectivity index (χ4v) is 3.16. The van der Waals surface area contributed by atoms with Gasteiger partial charge in [0.15, 0.2) is 0 Å². The molecule has 0 radical (unpaired) electrons.